The van der Waals surface area contributed by atoms with Gasteiger partial charge >= 0.3 is 5.97 Å². The van der Waals surface area contributed by atoms with Crippen LogP contribution in [0, 0.1) is 0 Å². The van der Waals surface area contributed by atoms with Crippen LogP contribution in [0.2, 0.25) is 0 Å². The van der Waals surface area contributed by atoms with Gasteiger partial charge < -0.3 is 9.47 Å². The van der Waals surface area contributed by atoms with Crippen LogP contribution in [0.4, 0.5) is 0 Å². The molecule has 0 aromatic rings. The van der Waals surface area contributed by atoms with Gasteiger partial charge in [-0.3, -0.25) is 4.79 Å². The van der Waals surface area contributed by atoms with Gasteiger partial charge in [-0.15, -0.1) is 6.58 Å². The lowest BCUT2D eigenvalue weighted by Crippen LogP contribution is -2.35. The SMILES string of the molecule is C=C[C@H]1C[C@H](OC(C)=O)C[C@@H](C)O1. The highest BCUT2D eigenvalue weighted by atomic mass is 16.6. The Morgan fingerprint density at radius 3 is 2.85 bits per heavy atom. The Morgan fingerprint density at radius 2 is 2.31 bits per heavy atom. The topological polar surface area (TPSA) is 35.5 Å². The summed E-state index contributed by atoms with van der Waals surface area (Å²) in [7, 11) is 0. The van der Waals surface area contributed by atoms with Gasteiger partial charge in [0, 0.05) is 19.8 Å². The standard InChI is InChI=1S/C10H16O3/c1-4-9-6-10(13-8(3)11)5-7(2)12-9/h4,7,9-10H,1,5-6H2,2-3H3/t7-,9+,10-/m1/s1. The van der Waals surface area contributed by atoms with Gasteiger partial charge in [0.1, 0.15) is 6.10 Å². The molecule has 0 N–H and O–H groups in total. The second kappa shape index (κ2) is 4.42. The summed E-state index contributed by atoms with van der Waals surface area (Å²) >= 11 is 0. The summed E-state index contributed by atoms with van der Waals surface area (Å²) in [6.07, 6.45) is 3.42. The number of carbonyl (C=O) groups excluding carboxylic acids is 1. The molecule has 0 amide bonds. The van der Waals surface area contributed by atoms with Crippen molar-refractivity contribution in [2.45, 2.75) is 45.0 Å². The molecule has 1 aliphatic heterocycles. The van der Waals surface area contributed by atoms with Crippen LogP contribution in [-0.4, -0.2) is 24.3 Å². The summed E-state index contributed by atoms with van der Waals surface area (Å²) in [5.74, 6) is -0.220. The number of hydrogen-bond donors (Lipinski definition) is 0. The normalized spacial score (nSPS) is 33.8. The number of carbonyl (C=O) groups is 1. The molecule has 3 atom stereocenters. The molecule has 1 fully saturated rings. The minimum atomic E-state index is -0.220. The van der Waals surface area contributed by atoms with E-state index in [1.54, 1.807) is 6.08 Å². The van der Waals surface area contributed by atoms with Gasteiger partial charge in [0.15, 0.2) is 0 Å². The van der Waals surface area contributed by atoms with E-state index in [-0.39, 0.29) is 24.3 Å². The number of hydrogen-bond acceptors (Lipinski definition) is 3. The summed E-state index contributed by atoms with van der Waals surface area (Å²) in [4.78, 5) is 10.7. The largest absolute Gasteiger partial charge is 0.462 e. The fraction of sp³-hybridized carbons (Fsp3) is 0.700. The molecule has 1 saturated heterocycles. The zero-order chi connectivity index (χ0) is 9.84. The zero-order valence-corrected chi connectivity index (χ0v) is 8.16. The van der Waals surface area contributed by atoms with E-state index in [0.29, 0.717) is 0 Å². The second-order valence-corrected chi connectivity index (χ2v) is 3.42. The van der Waals surface area contributed by atoms with E-state index in [1.807, 2.05) is 6.92 Å². The minimum Gasteiger partial charge on any atom is -0.462 e. The zero-order valence-electron chi connectivity index (χ0n) is 8.16. The molecule has 0 radical (unpaired) electrons. The van der Waals surface area contributed by atoms with Crippen molar-refractivity contribution in [1.29, 1.82) is 0 Å². The van der Waals surface area contributed by atoms with Gasteiger partial charge in [0.05, 0.1) is 12.2 Å². The maximum atomic E-state index is 10.7. The van der Waals surface area contributed by atoms with Crippen LogP contribution in [-0.2, 0) is 14.3 Å². The quantitative estimate of drug-likeness (QED) is 0.483. The van der Waals surface area contributed by atoms with Crippen molar-refractivity contribution < 1.29 is 14.3 Å². The molecule has 3 heteroatoms. The Labute approximate surface area is 78.7 Å². The number of esters is 1. The molecule has 74 valence electrons. The van der Waals surface area contributed by atoms with E-state index in [9.17, 15) is 4.79 Å². The maximum absolute atomic E-state index is 10.7. The minimum absolute atomic E-state index is 0.00995. The molecule has 3 nitrogen and oxygen atoms in total. The third kappa shape index (κ3) is 3.19. The number of rotatable bonds is 2. The average molecular weight is 184 g/mol. The molecular weight excluding hydrogens is 168 g/mol. The van der Waals surface area contributed by atoms with Crippen molar-refractivity contribution in [3.8, 4) is 0 Å². The van der Waals surface area contributed by atoms with Crippen LogP contribution in [0.5, 0.6) is 0 Å². The monoisotopic (exact) mass is 184 g/mol. The van der Waals surface area contributed by atoms with Crippen molar-refractivity contribution in [2.24, 2.45) is 0 Å². The van der Waals surface area contributed by atoms with Crippen LogP contribution < -0.4 is 0 Å². The van der Waals surface area contributed by atoms with Crippen molar-refractivity contribution >= 4 is 5.97 Å². The molecule has 1 rings (SSSR count). The van der Waals surface area contributed by atoms with Crippen LogP contribution in [0.1, 0.15) is 26.7 Å². The summed E-state index contributed by atoms with van der Waals surface area (Å²) < 4.78 is 10.7. The Morgan fingerprint density at radius 1 is 1.62 bits per heavy atom. The van der Waals surface area contributed by atoms with E-state index < -0.39 is 0 Å². The Balaban J connectivity index is 2.46. The highest BCUT2D eigenvalue weighted by Gasteiger charge is 2.27. The first-order valence-corrected chi connectivity index (χ1v) is 4.57. The molecule has 0 aromatic heterocycles. The Bertz CT molecular complexity index is 200. The lowest BCUT2D eigenvalue weighted by Gasteiger charge is -2.31. The van der Waals surface area contributed by atoms with Crippen LogP contribution in [0.3, 0.4) is 0 Å². The van der Waals surface area contributed by atoms with Gasteiger partial charge in [0.25, 0.3) is 0 Å². The van der Waals surface area contributed by atoms with Crippen molar-refractivity contribution in [3.05, 3.63) is 12.7 Å². The Kier molecular flexibility index (Phi) is 3.48. The van der Waals surface area contributed by atoms with E-state index in [0.717, 1.165) is 12.8 Å². The lowest BCUT2D eigenvalue weighted by molar-refractivity contribution is -0.155. The lowest BCUT2D eigenvalue weighted by atomic mass is 10.0. The first-order valence-electron chi connectivity index (χ1n) is 4.57. The molecule has 0 bridgehead atoms. The fourth-order valence-corrected chi connectivity index (χ4v) is 1.62. The Hall–Kier alpha value is -0.830. The van der Waals surface area contributed by atoms with Crippen LogP contribution in [0.25, 0.3) is 0 Å². The highest BCUT2D eigenvalue weighted by Crippen LogP contribution is 2.22. The van der Waals surface area contributed by atoms with Crippen molar-refractivity contribution in [1.82, 2.24) is 0 Å². The fourth-order valence-electron chi connectivity index (χ4n) is 1.62. The molecule has 13 heavy (non-hydrogen) atoms. The van der Waals surface area contributed by atoms with E-state index >= 15 is 0 Å². The third-order valence-corrected chi connectivity index (χ3v) is 2.09. The predicted molar refractivity (Wildman–Crippen MR) is 49.3 cm³/mol. The van der Waals surface area contributed by atoms with Crippen molar-refractivity contribution in [3.63, 3.8) is 0 Å². The van der Waals surface area contributed by atoms with E-state index in [4.69, 9.17) is 9.47 Å². The second-order valence-electron chi connectivity index (χ2n) is 3.42. The molecular formula is C10H16O3. The summed E-state index contributed by atoms with van der Waals surface area (Å²) in [5, 5.41) is 0. The first-order chi connectivity index (χ1) is 6.11. The van der Waals surface area contributed by atoms with E-state index in [1.165, 1.54) is 6.92 Å². The maximum Gasteiger partial charge on any atom is 0.302 e. The summed E-state index contributed by atoms with van der Waals surface area (Å²) in [6, 6.07) is 0. The van der Waals surface area contributed by atoms with Crippen LogP contribution >= 0.6 is 0 Å². The first kappa shape index (κ1) is 10.3. The van der Waals surface area contributed by atoms with E-state index in [2.05, 4.69) is 6.58 Å². The molecule has 1 heterocycles. The molecule has 0 spiro atoms. The van der Waals surface area contributed by atoms with Crippen LogP contribution in [0.15, 0.2) is 12.7 Å². The molecule has 0 saturated carbocycles. The van der Waals surface area contributed by atoms with Gasteiger partial charge in [-0.25, -0.2) is 0 Å². The molecule has 0 unspecified atom stereocenters. The highest BCUT2D eigenvalue weighted by molar-refractivity contribution is 5.66. The van der Waals surface area contributed by atoms with Gasteiger partial charge in [0.2, 0.25) is 0 Å². The van der Waals surface area contributed by atoms with Crippen molar-refractivity contribution in [2.75, 3.05) is 0 Å². The summed E-state index contributed by atoms with van der Waals surface area (Å²) in [5.41, 5.74) is 0. The number of ether oxygens (including phenoxy) is 2. The average Bonchev–Trinajstić information content (AvgIpc) is 2.01. The molecule has 0 aromatic carbocycles. The summed E-state index contributed by atoms with van der Waals surface area (Å²) in [6.45, 7) is 7.08. The van der Waals surface area contributed by atoms with Gasteiger partial charge in [-0.2, -0.15) is 0 Å². The third-order valence-electron chi connectivity index (χ3n) is 2.09. The van der Waals surface area contributed by atoms with Gasteiger partial charge in [-0.1, -0.05) is 6.08 Å². The smallest absolute Gasteiger partial charge is 0.302 e. The van der Waals surface area contributed by atoms with Gasteiger partial charge in [-0.05, 0) is 6.92 Å². The molecule has 1 aliphatic rings. The molecule has 0 aliphatic carbocycles. The predicted octanol–water partition coefficient (Wildman–Crippen LogP) is 1.67.